The first-order valence-electron chi connectivity index (χ1n) is 8.08. The van der Waals surface area contributed by atoms with Crippen molar-refractivity contribution in [1.82, 2.24) is 15.5 Å². The number of nitrogens with zero attached hydrogens (tertiary/aromatic N) is 1. The number of carbonyl (C=O) groups excluding carboxylic acids is 1. The van der Waals surface area contributed by atoms with Crippen molar-refractivity contribution in [3.05, 3.63) is 35.9 Å². The van der Waals surface area contributed by atoms with Gasteiger partial charge in [-0.15, -0.1) is 0 Å². The summed E-state index contributed by atoms with van der Waals surface area (Å²) < 4.78 is 0. The summed E-state index contributed by atoms with van der Waals surface area (Å²) in [4.78, 5) is 14.8. The first-order chi connectivity index (χ1) is 10.3. The highest BCUT2D eigenvalue weighted by molar-refractivity contribution is 5.79. The van der Waals surface area contributed by atoms with E-state index in [4.69, 9.17) is 0 Å². The fourth-order valence-electron chi connectivity index (χ4n) is 3.35. The Labute approximate surface area is 126 Å². The largest absolute Gasteiger partial charge is 0.352 e. The van der Waals surface area contributed by atoms with Crippen molar-refractivity contribution in [2.24, 2.45) is 5.92 Å². The summed E-state index contributed by atoms with van der Waals surface area (Å²) in [6, 6.07) is 10.9. The Morgan fingerprint density at radius 2 is 2.14 bits per heavy atom. The molecule has 1 aromatic rings. The number of carbonyl (C=O) groups is 1. The summed E-state index contributed by atoms with van der Waals surface area (Å²) in [7, 11) is 0. The van der Waals surface area contributed by atoms with Gasteiger partial charge in [0.05, 0.1) is 5.92 Å². The van der Waals surface area contributed by atoms with E-state index in [1.807, 2.05) is 6.07 Å². The Kier molecular flexibility index (Phi) is 4.88. The quantitative estimate of drug-likeness (QED) is 0.879. The van der Waals surface area contributed by atoms with Gasteiger partial charge in [-0.05, 0) is 37.9 Å². The molecular weight excluding hydrogens is 262 g/mol. The van der Waals surface area contributed by atoms with Crippen molar-refractivity contribution in [3.63, 3.8) is 0 Å². The van der Waals surface area contributed by atoms with Gasteiger partial charge < -0.3 is 10.6 Å². The predicted molar refractivity (Wildman–Crippen MR) is 83.9 cm³/mol. The third-order valence-electron chi connectivity index (χ3n) is 4.53. The van der Waals surface area contributed by atoms with Crippen molar-refractivity contribution in [1.29, 1.82) is 0 Å². The average molecular weight is 287 g/mol. The summed E-state index contributed by atoms with van der Waals surface area (Å²) >= 11 is 0. The van der Waals surface area contributed by atoms with E-state index < -0.39 is 0 Å². The Bertz CT molecular complexity index is 456. The van der Waals surface area contributed by atoms with Gasteiger partial charge in [-0.3, -0.25) is 9.69 Å². The Morgan fingerprint density at radius 3 is 2.90 bits per heavy atom. The number of rotatable bonds is 4. The van der Waals surface area contributed by atoms with E-state index in [-0.39, 0.29) is 11.8 Å². The third-order valence-corrected chi connectivity index (χ3v) is 4.53. The molecule has 0 spiro atoms. The van der Waals surface area contributed by atoms with Gasteiger partial charge in [0.15, 0.2) is 0 Å². The van der Waals surface area contributed by atoms with Crippen molar-refractivity contribution >= 4 is 5.91 Å². The van der Waals surface area contributed by atoms with Crippen molar-refractivity contribution in [3.8, 4) is 0 Å². The SMILES string of the molecule is O=C(NC1CCNC1)C1CCCN(Cc2ccccc2)C1. The van der Waals surface area contributed by atoms with Crippen LogP contribution in [0.15, 0.2) is 30.3 Å². The minimum Gasteiger partial charge on any atom is -0.352 e. The Balaban J connectivity index is 1.51. The third kappa shape index (κ3) is 4.05. The average Bonchev–Trinajstić information content (AvgIpc) is 3.01. The van der Waals surface area contributed by atoms with Crippen LogP contribution in [0.3, 0.4) is 0 Å². The van der Waals surface area contributed by atoms with Crippen LogP contribution >= 0.6 is 0 Å². The lowest BCUT2D eigenvalue weighted by atomic mass is 9.96. The lowest BCUT2D eigenvalue weighted by molar-refractivity contribution is -0.127. The van der Waals surface area contributed by atoms with E-state index in [1.54, 1.807) is 0 Å². The van der Waals surface area contributed by atoms with Crippen molar-refractivity contribution < 1.29 is 4.79 Å². The van der Waals surface area contributed by atoms with Gasteiger partial charge in [-0.1, -0.05) is 30.3 Å². The minimum absolute atomic E-state index is 0.156. The number of amides is 1. The molecule has 1 amide bonds. The van der Waals surface area contributed by atoms with Crippen LogP contribution in [0.1, 0.15) is 24.8 Å². The second-order valence-corrected chi connectivity index (χ2v) is 6.26. The van der Waals surface area contributed by atoms with Crippen LogP contribution in [0.5, 0.6) is 0 Å². The number of piperidine rings is 1. The maximum Gasteiger partial charge on any atom is 0.224 e. The molecule has 114 valence electrons. The predicted octanol–water partition coefficient (Wildman–Crippen LogP) is 1.38. The molecule has 2 saturated heterocycles. The molecule has 4 heteroatoms. The molecule has 0 radical (unpaired) electrons. The van der Waals surface area contributed by atoms with Crippen LogP contribution in [0.4, 0.5) is 0 Å². The number of nitrogens with one attached hydrogen (secondary N) is 2. The van der Waals surface area contributed by atoms with Gasteiger partial charge in [0.1, 0.15) is 0 Å². The van der Waals surface area contributed by atoms with E-state index in [2.05, 4.69) is 39.8 Å². The molecule has 2 aliphatic heterocycles. The fourth-order valence-corrected chi connectivity index (χ4v) is 3.35. The van der Waals surface area contributed by atoms with E-state index in [9.17, 15) is 4.79 Å². The molecule has 3 rings (SSSR count). The van der Waals surface area contributed by atoms with E-state index in [0.717, 1.165) is 52.0 Å². The molecule has 2 unspecified atom stereocenters. The first-order valence-corrected chi connectivity index (χ1v) is 8.08. The standard InChI is InChI=1S/C17H25N3O/c21-17(19-16-8-9-18-11-16)15-7-4-10-20(13-15)12-14-5-2-1-3-6-14/h1-3,5-6,15-16,18H,4,7-13H2,(H,19,21). The molecule has 2 atom stereocenters. The molecule has 1 aromatic carbocycles. The van der Waals surface area contributed by atoms with E-state index in [1.165, 1.54) is 5.56 Å². The smallest absolute Gasteiger partial charge is 0.224 e. The highest BCUT2D eigenvalue weighted by atomic mass is 16.2. The van der Waals surface area contributed by atoms with Gasteiger partial charge in [0.25, 0.3) is 0 Å². The lowest BCUT2D eigenvalue weighted by Crippen LogP contribution is -2.46. The Morgan fingerprint density at radius 1 is 1.29 bits per heavy atom. The fraction of sp³-hybridized carbons (Fsp3) is 0.588. The van der Waals surface area contributed by atoms with Crippen LogP contribution in [-0.4, -0.2) is 43.0 Å². The summed E-state index contributed by atoms with van der Waals surface area (Å²) in [6.07, 6.45) is 3.21. The molecule has 4 nitrogen and oxygen atoms in total. The summed E-state index contributed by atoms with van der Waals surface area (Å²) in [5.41, 5.74) is 1.33. The minimum atomic E-state index is 0.156. The molecule has 2 N–H and O–H groups in total. The normalized spacial score (nSPS) is 26.7. The van der Waals surface area contributed by atoms with Crippen LogP contribution in [0.25, 0.3) is 0 Å². The second-order valence-electron chi connectivity index (χ2n) is 6.26. The number of likely N-dealkylation sites (tertiary alicyclic amines) is 1. The summed E-state index contributed by atoms with van der Waals surface area (Å²) in [5.74, 6) is 0.407. The van der Waals surface area contributed by atoms with Crippen LogP contribution in [0.2, 0.25) is 0 Å². The van der Waals surface area contributed by atoms with Crippen LogP contribution in [0, 0.1) is 5.92 Å². The maximum absolute atomic E-state index is 12.4. The van der Waals surface area contributed by atoms with Crippen molar-refractivity contribution in [2.75, 3.05) is 26.2 Å². The molecule has 2 fully saturated rings. The molecule has 0 aromatic heterocycles. The maximum atomic E-state index is 12.4. The molecule has 0 bridgehead atoms. The molecular formula is C17H25N3O. The highest BCUT2D eigenvalue weighted by Crippen LogP contribution is 2.19. The monoisotopic (exact) mass is 287 g/mol. The number of hydrogen-bond acceptors (Lipinski definition) is 3. The number of benzene rings is 1. The van der Waals surface area contributed by atoms with Gasteiger partial charge in [0.2, 0.25) is 5.91 Å². The molecule has 21 heavy (non-hydrogen) atoms. The summed E-state index contributed by atoms with van der Waals surface area (Å²) in [6.45, 7) is 4.89. The zero-order valence-corrected chi connectivity index (χ0v) is 12.6. The first kappa shape index (κ1) is 14.5. The van der Waals surface area contributed by atoms with Gasteiger partial charge in [0, 0.05) is 25.7 Å². The van der Waals surface area contributed by atoms with Crippen molar-refractivity contribution in [2.45, 2.75) is 31.8 Å². The Hall–Kier alpha value is -1.39. The summed E-state index contributed by atoms with van der Waals surface area (Å²) in [5, 5.41) is 6.50. The zero-order chi connectivity index (χ0) is 14.5. The molecule has 2 aliphatic rings. The van der Waals surface area contributed by atoms with Gasteiger partial charge in [-0.2, -0.15) is 0 Å². The topological polar surface area (TPSA) is 44.4 Å². The van der Waals surface area contributed by atoms with Gasteiger partial charge in [-0.25, -0.2) is 0 Å². The van der Waals surface area contributed by atoms with Gasteiger partial charge >= 0.3 is 0 Å². The number of hydrogen-bond donors (Lipinski definition) is 2. The zero-order valence-electron chi connectivity index (χ0n) is 12.6. The van der Waals surface area contributed by atoms with E-state index in [0.29, 0.717) is 6.04 Å². The second kappa shape index (κ2) is 7.05. The van der Waals surface area contributed by atoms with Crippen LogP contribution in [-0.2, 0) is 11.3 Å². The van der Waals surface area contributed by atoms with E-state index >= 15 is 0 Å². The molecule has 2 heterocycles. The highest BCUT2D eigenvalue weighted by Gasteiger charge is 2.27. The molecule has 0 saturated carbocycles. The lowest BCUT2D eigenvalue weighted by Gasteiger charge is -2.32. The molecule has 0 aliphatic carbocycles. The van der Waals surface area contributed by atoms with Crippen LogP contribution < -0.4 is 10.6 Å².